The predicted molar refractivity (Wildman–Crippen MR) is 133 cm³/mol. The van der Waals surface area contributed by atoms with Crippen LogP contribution in [0.2, 0.25) is 0 Å². The Hall–Kier alpha value is -4.24. The number of thiocarbonyl (C=S) groups is 1. The molecule has 1 N–H and O–H groups in total. The third-order valence-corrected chi connectivity index (χ3v) is 6.15. The highest BCUT2D eigenvalue weighted by molar-refractivity contribution is 7.80. The topological polar surface area (TPSA) is 85.5 Å². The molecule has 8 nitrogen and oxygen atoms in total. The number of nitro benzene ring substituents is 1. The second-order valence-corrected chi connectivity index (χ2v) is 8.16. The standard InChI is InChI=1S/C25H21N5O3S/c1-33-20-10-5-8-18(16-20)29-24(23(27-25(29)34)21-11-2-3-13-26-21)22-12-6-14-28(22)17-7-4-9-19(15-17)30(31)32/h2-16,23-24H,1H3,(H,27,34)/t23-,24+/m0/s1. The minimum absolute atomic E-state index is 0.0307. The molecule has 2 aromatic carbocycles. The van der Waals surface area contributed by atoms with Crippen molar-refractivity contribution in [2.45, 2.75) is 12.1 Å². The summed E-state index contributed by atoms with van der Waals surface area (Å²) in [5.41, 5.74) is 3.34. The zero-order chi connectivity index (χ0) is 23.7. The maximum absolute atomic E-state index is 11.4. The highest BCUT2D eigenvalue weighted by Gasteiger charge is 2.42. The lowest BCUT2D eigenvalue weighted by atomic mass is 10.0. The number of non-ortho nitro benzene ring substituents is 1. The van der Waals surface area contributed by atoms with E-state index >= 15 is 0 Å². The highest BCUT2D eigenvalue weighted by atomic mass is 32.1. The van der Waals surface area contributed by atoms with Crippen LogP contribution in [0.1, 0.15) is 23.5 Å². The predicted octanol–water partition coefficient (Wildman–Crippen LogP) is 4.97. The van der Waals surface area contributed by atoms with E-state index in [1.807, 2.05) is 76.3 Å². The van der Waals surface area contributed by atoms with Crippen LogP contribution in [0.15, 0.2) is 91.3 Å². The molecule has 0 spiro atoms. The molecule has 170 valence electrons. The number of ether oxygens (including phenoxy) is 1. The van der Waals surface area contributed by atoms with Crippen LogP contribution in [0, 0.1) is 10.1 Å². The van der Waals surface area contributed by atoms with Gasteiger partial charge in [-0.2, -0.15) is 0 Å². The van der Waals surface area contributed by atoms with Gasteiger partial charge in [0.15, 0.2) is 5.11 Å². The van der Waals surface area contributed by atoms with E-state index in [-0.39, 0.29) is 17.8 Å². The molecule has 1 aliphatic heterocycles. The lowest BCUT2D eigenvalue weighted by Crippen LogP contribution is -2.30. The van der Waals surface area contributed by atoms with Gasteiger partial charge in [-0.25, -0.2) is 0 Å². The molecule has 2 atom stereocenters. The van der Waals surface area contributed by atoms with Gasteiger partial charge < -0.3 is 19.5 Å². The van der Waals surface area contributed by atoms with Crippen molar-refractivity contribution < 1.29 is 9.66 Å². The molecule has 4 aromatic rings. The Labute approximate surface area is 201 Å². The average Bonchev–Trinajstić information content (AvgIpc) is 3.49. The number of hydrogen-bond donors (Lipinski definition) is 1. The average molecular weight is 472 g/mol. The minimum atomic E-state index is -0.391. The Morgan fingerprint density at radius 1 is 1.03 bits per heavy atom. The lowest BCUT2D eigenvalue weighted by Gasteiger charge is -2.29. The minimum Gasteiger partial charge on any atom is -0.497 e. The van der Waals surface area contributed by atoms with Crippen molar-refractivity contribution >= 4 is 28.7 Å². The lowest BCUT2D eigenvalue weighted by molar-refractivity contribution is -0.384. The molecule has 9 heteroatoms. The fourth-order valence-corrected chi connectivity index (χ4v) is 4.67. The maximum atomic E-state index is 11.4. The summed E-state index contributed by atoms with van der Waals surface area (Å²) >= 11 is 5.79. The van der Waals surface area contributed by atoms with Gasteiger partial charge in [0.25, 0.3) is 5.69 Å². The molecule has 0 amide bonds. The van der Waals surface area contributed by atoms with Gasteiger partial charge in [0.1, 0.15) is 11.8 Å². The fraction of sp³-hybridized carbons (Fsp3) is 0.120. The van der Waals surface area contributed by atoms with E-state index < -0.39 is 4.92 Å². The number of rotatable bonds is 6. The summed E-state index contributed by atoms with van der Waals surface area (Å²) in [6.45, 7) is 0. The van der Waals surface area contributed by atoms with Gasteiger partial charge in [-0.1, -0.05) is 18.2 Å². The molecule has 0 bridgehead atoms. The monoisotopic (exact) mass is 471 g/mol. The zero-order valence-electron chi connectivity index (χ0n) is 18.2. The fourth-order valence-electron chi connectivity index (χ4n) is 4.32. The number of anilines is 1. The number of methoxy groups -OCH3 is 1. The van der Waals surface area contributed by atoms with Gasteiger partial charge in [-0.3, -0.25) is 15.1 Å². The van der Waals surface area contributed by atoms with Crippen LogP contribution < -0.4 is 15.0 Å². The molecule has 1 aliphatic rings. The Morgan fingerprint density at radius 3 is 2.62 bits per heavy atom. The first-order valence-corrected chi connectivity index (χ1v) is 11.0. The summed E-state index contributed by atoms with van der Waals surface area (Å²) in [6.07, 6.45) is 3.65. The van der Waals surface area contributed by atoms with Crippen LogP contribution in [0.4, 0.5) is 11.4 Å². The SMILES string of the molecule is COc1cccc(N2C(=S)N[C@@H](c3ccccn3)[C@H]2c2cccn2-c2cccc([N+](=O)[O-])c2)c1. The third-order valence-electron chi connectivity index (χ3n) is 5.83. The molecule has 3 heterocycles. The number of aromatic nitrogens is 2. The number of nitrogens with zero attached hydrogens (tertiary/aromatic N) is 4. The van der Waals surface area contributed by atoms with Crippen LogP contribution in [0.3, 0.4) is 0 Å². The van der Waals surface area contributed by atoms with Crippen molar-refractivity contribution in [3.05, 3.63) is 113 Å². The normalized spacial score (nSPS) is 17.4. The third kappa shape index (κ3) is 3.86. The summed E-state index contributed by atoms with van der Waals surface area (Å²) < 4.78 is 7.40. The van der Waals surface area contributed by atoms with E-state index in [0.29, 0.717) is 10.8 Å². The van der Waals surface area contributed by atoms with Gasteiger partial charge in [0, 0.05) is 42.0 Å². The number of pyridine rings is 1. The summed E-state index contributed by atoms with van der Waals surface area (Å²) in [5.74, 6) is 0.717. The van der Waals surface area contributed by atoms with Crippen LogP contribution >= 0.6 is 12.2 Å². The highest BCUT2D eigenvalue weighted by Crippen LogP contribution is 2.43. The Kier molecular flexibility index (Phi) is 5.69. The molecular weight excluding hydrogens is 450 g/mol. The van der Waals surface area contributed by atoms with Crippen molar-refractivity contribution in [3.8, 4) is 11.4 Å². The Morgan fingerprint density at radius 2 is 1.85 bits per heavy atom. The molecule has 1 saturated heterocycles. The molecular formula is C25H21N5O3S. The van der Waals surface area contributed by atoms with Crippen LogP contribution in [-0.2, 0) is 0 Å². The van der Waals surface area contributed by atoms with E-state index in [1.54, 1.807) is 25.4 Å². The van der Waals surface area contributed by atoms with E-state index in [1.165, 1.54) is 6.07 Å². The Balaban J connectivity index is 1.67. The van der Waals surface area contributed by atoms with Crippen molar-refractivity contribution in [2.75, 3.05) is 12.0 Å². The van der Waals surface area contributed by atoms with Gasteiger partial charge in [-0.05, 0) is 54.7 Å². The molecule has 0 aliphatic carbocycles. The van der Waals surface area contributed by atoms with E-state index in [2.05, 4.69) is 10.3 Å². The number of benzene rings is 2. The first-order valence-electron chi connectivity index (χ1n) is 10.6. The quantitative estimate of drug-likeness (QED) is 0.241. The second-order valence-electron chi connectivity index (χ2n) is 7.78. The molecule has 0 saturated carbocycles. The van der Waals surface area contributed by atoms with Crippen molar-refractivity contribution in [1.82, 2.24) is 14.9 Å². The number of nitrogens with one attached hydrogen (secondary N) is 1. The van der Waals surface area contributed by atoms with Crippen molar-refractivity contribution in [1.29, 1.82) is 0 Å². The first-order chi connectivity index (χ1) is 16.6. The summed E-state index contributed by atoms with van der Waals surface area (Å²) in [5, 5.41) is 15.4. The largest absolute Gasteiger partial charge is 0.497 e. The molecule has 0 unspecified atom stereocenters. The number of hydrogen-bond acceptors (Lipinski definition) is 5. The van der Waals surface area contributed by atoms with Gasteiger partial charge in [0.2, 0.25) is 0 Å². The Bertz CT molecular complexity index is 1360. The van der Waals surface area contributed by atoms with Crippen LogP contribution in [0.5, 0.6) is 5.75 Å². The molecule has 5 rings (SSSR count). The number of nitro groups is 1. The van der Waals surface area contributed by atoms with Crippen molar-refractivity contribution in [2.24, 2.45) is 0 Å². The van der Waals surface area contributed by atoms with Gasteiger partial charge >= 0.3 is 0 Å². The van der Waals surface area contributed by atoms with Gasteiger partial charge in [0.05, 0.1) is 29.5 Å². The summed E-state index contributed by atoms with van der Waals surface area (Å²) in [7, 11) is 1.63. The first kappa shape index (κ1) is 21.6. The summed E-state index contributed by atoms with van der Waals surface area (Å²) in [6, 6.07) is 23.5. The molecule has 0 radical (unpaired) electrons. The molecule has 2 aromatic heterocycles. The van der Waals surface area contributed by atoms with Crippen LogP contribution in [-0.4, -0.2) is 26.7 Å². The second kappa shape index (κ2) is 8.95. The van der Waals surface area contributed by atoms with Crippen molar-refractivity contribution in [3.63, 3.8) is 0 Å². The summed E-state index contributed by atoms with van der Waals surface area (Å²) in [4.78, 5) is 17.6. The molecule has 1 fully saturated rings. The molecule has 34 heavy (non-hydrogen) atoms. The smallest absolute Gasteiger partial charge is 0.271 e. The van der Waals surface area contributed by atoms with E-state index in [9.17, 15) is 10.1 Å². The van der Waals surface area contributed by atoms with Crippen LogP contribution in [0.25, 0.3) is 5.69 Å². The van der Waals surface area contributed by atoms with E-state index in [0.717, 1.165) is 22.8 Å². The zero-order valence-corrected chi connectivity index (χ0v) is 19.1. The maximum Gasteiger partial charge on any atom is 0.271 e. The van der Waals surface area contributed by atoms with E-state index in [4.69, 9.17) is 17.0 Å². The van der Waals surface area contributed by atoms with Gasteiger partial charge in [-0.15, -0.1) is 0 Å².